The molecular weight excluding hydrogens is 195 g/mol. The third-order valence-electron chi connectivity index (χ3n) is 2.69. The van der Waals surface area contributed by atoms with Crippen LogP contribution in [0.1, 0.15) is 18.4 Å². The normalized spacial score (nSPS) is 17.5. The number of halogens is 1. The van der Waals surface area contributed by atoms with Crippen LogP contribution in [0.4, 0.5) is 4.39 Å². The minimum Gasteiger partial charge on any atom is -0.385 e. The van der Waals surface area contributed by atoms with E-state index in [0.29, 0.717) is 0 Å². The topological polar surface area (TPSA) is 37.3 Å². The van der Waals surface area contributed by atoms with Gasteiger partial charge in [0, 0.05) is 6.42 Å². The number of rotatable bonds is 4. The van der Waals surface area contributed by atoms with Crippen LogP contribution in [-0.2, 0) is 11.2 Å². The number of aliphatic hydroxyl groups is 1. The van der Waals surface area contributed by atoms with Gasteiger partial charge in [-0.2, -0.15) is 0 Å². The summed E-state index contributed by atoms with van der Waals surface area (Å²) in [5.41, 5.74) is 0.751. The van der Waals surface area contributed by atoms with Crippen molar-refractivity contribution < 1.29 is 14.3 Å². The van der Waals surface area contributed by atoms with Gasteiger partial charge >= 0.3 is 0 Å². The zero-order valence-electron chi connectivity index (χ0n) is 8.32. The van der Waals surface area contributed by atoms with Gasteiger partial charge in [-0.05, 0) is 36.5 Å². The maximum absolute atomic E-state index is 12.6. The first kappa shape index (κ1) is 10.3. The highest BCUT2D eigenvalue weighted by atomic mass is 19.1. The van der Waals surface area contributed by atoms with Crippen molar-refractivity contribution in [3.63, 3.8) is 0 Å². The molecule has 0 saturated heterocycles. The van der Waals surface area contributed by atoms with Gasteiger partial charge in [-0.3, -0.25) is 4.79 Å². The van der Waals surface area contributed by atoms with Crippen LogP contribution in [0, 0.1) is 11.7 Å². The van der Waals surface area contributed by atoms with E-state index in [0.717, 1.165) is 18.4 Å². The number of carbonyl (C=O) groups excluding carboxylic acids is 1. The van der Waals surface area contributed by atoms with Crippen molar-refractivity contribution in [2.24, 2.45) is 5.92 Å². The average molecular weight is 208 g/mol. The van der Waals surface area contributed by atoms with E-state index < -0.39 is 6.10 Å². The molecule has 80 valence electrons. The van der Waals surface area contributed by atoms with Crippen molar-refractivity contribution in [1.82, 2.24) is 0 Å². The number of Topliss-reactive ketones (excluding diaryl/α,β-unsaturated/α-hetero) is 1. The number of aliphatic hydroxyl groups excluding tert-OH is 1. The fraction of sp³-hybridized carbons (Fsp3) is 0.417. The van der Waals surface area contributed by atoms with E-state index in [2.05, 4.69) is 0 Å². The summed E-state index contributed by atoms with van der Waals surface area (Å²) < 4.78 is 12.6. The Morgan fingerprint density at radius 3 is 2.53 bits per heavy atom. The minimum atomic E-state index is -0.824. The zero-order valence-corrected chi connectivity index (χ0v) is 8.32. The monoisotopic (exact) mass is 208 g/mol. The van der Waals surface area contributed by atoms with E-state index in [4.69, 9.17) is 0 Å². The molecule has 0 amide bonds. The molecule has 0 spiro atoms. The van der Waals surface area contributed by atoms with Crippen molar-refractivity contribution >= 4 is 5.78 Å². The average Bonchev–Trinajstić information content (AvgIpc) is 3.04. The Bertz CT molecular complexity index is 354. The molecule has 1 N–H and O–H groups in total. The Balaban J connectivity index is 1.95. The van der Waals surface area contributed by atoms with Crippen LogP contribution in [-0.4, -0.2) is 17.0 Å². The van der Waals surface area contributed by atoms with Crippen LogP contribution in [0.25, 0.3) is 0 Å². The largest absolute Gasteiger partial charge is 0.385 e. The molecule has 0 aliphatic heterocycles. The molecule has 15 heavy (non-hydrogen) atoms. The number of benzene rings is 1. The van der Waals surface area contributed by atoms with Gasteiger partial charge in [-0.25, -0.2) is 4.39 Å². The standard InChI is InChI=1S/C12H13FO2/c13-10-5-1-8(2-6-10)7-11(14)12(15)9-3-4-9/h1-2,5-6,9,12,15H,3-4,7H2. The van der Waals surface area contributed by atoms with Crippen molar-refractivity contribution in [3.8, 4) is 0 Å². The molecule has 0 radical (unpaired) electrons. The second-order valence-corrected chi connectivity index (χ2v) is 4.05. The molecule has 1 saturated carbocycles. The highest BCUT2D eigenvalue weighted by Gasteiger charge is 2.34. The van der Waals surface area contributed by atoms with Crippen molar-refractivity contribution in [2.75, 3.05) is 0 Å². The smallest absolute Gasteiger partial charge is 0.165 e. The Morgan fingerprint density at radius 1 is 1.40 bits per heavy atom. The molecular formula is C12H13FO2. The Labute approximate surface area is 87.7 Å². The number of hydrogen-bond donors (Lipinski definition) is 1. The van der Waals surface area contributed by atoms with Gasteiger partial charge in [0.1, 0.15) is 11.9 Å². The van der Waals surface area contributed by atoms with Gasteiger partial charge < -0.3 is 5.11 Å². The molecule has 2 nitrogen and oxygen atoms in total. The summed E-state index contributed by atoms with van der Waals surface area (Å²) in [7, 11) is 0. The fourth-order valence-electron chi connectivity index (χ4n) is 1.58. The lowest BCUT2D eigenvalue weighted by molar-refractivity contribution is -0.127. The van der Waals surface area contributed by atoms with Crippen LogP contribution < -0.4 is 0 Å². The first-order valence-corrected chi connectivity index (χ1v) is 5.12. The highest BCUT2D eigenvalue weighted by Crippen LogP contribution is 2.33. The predicted octanol–water partition coefficient (Wildman–Crippen LogP) is 1.71. The highest BCUT2D eigenvalue weighted by molar-refractivity contribution is 5.85. The molecule has 1 aliphatic carbocycles. The minimum absolute atomic E-state index is 0.163. The lowest BCUT2D eigenvalue weighted by Gasteiger charge is -2.07. The van der Waals surface area contributed by atoms with E-state index >= 15 is 0 Å². The molecule has 1 aliphatic rings. The second kappa shape index (κ2) is 4.11. The summed E-state index contributed by atoms with van der Waals surface area (Å²) >= 11 is 0. The molecule has 0 bridgehead atoms. The second-order valence-electron chi connectivity index (χ2n) is 4.05. The van der Waals surface area contributed by atoms with E-state index in [1.807, 2.05) is 0 Å². The first-order valence-electron chi connectivity index (χ1n) is 5.12. The maximum Gasteiger partial charge on any atom is 0.165 e. The Kier molecular flexibility index (Phi) is 2.82. The van der Waals surface area contributed by atoms with Crippen LogP contribution in [0.3, 0.4) is 0 Å². The van der Waals surface area contributed by atoms with Gasteiger partial charge in [-0.1, -0.05) is 12.1 Å². The molecule has 1 atom stereocenters. The number of carbonyl (C=O) groups is 1. The van der Waals surface area contributed by atoms with Crippen LogP contribution in [0.15, 0.2) is 24.3 Å². The van der Waals surface area contributed by atoms with Crippen molar-refractivity contribution in [2.45, 2.75) is 25.4 Å². The molecule has 3 heteroatoms. The van der Waals surface area contributed by atoms with Crippen molar-refractivity contribution in [1.29, 1.82) is 0 Å². The molecule has 1 aromatic carbocycles. The lowest BCUT2D eigenvalue weighted by Crippen LogP contribution is -2.24. The SMILES string of the molecule is O=C(Cc1ccc(F)cc1)C(O)C1CC1. The van der Waals surface area contributed by atoms with Crippen molar-refractivity contribution in [3.05, 3.63) is 35.6 Å². The maximum atomic E-state index is 12.6. The summed E-state index contributed by atoms with van der Waals surface area (Å²) in [5, 5.41) is 9.55. The third kappa shape index (κ3) is 2.63. The van der Waals surface area contributed by atoms with E-state index in [-0.39, 0.29) is 23.9 Å². The van der Waals surface area contributed by atoms with Gasteiger partial charge in [-0.15, -0.1) is 0 Å². The summed E-state index contributed by atoms with van der Waals surface area (Å²) in [4.78, 5) is 11.5. The van der Waals surface area contributed by atoms with Gasteiger partial charge in [0.15, 0.2) is 5.78 Å². The molecule has 1 fully saturated rings. The lowest BCUT2D eigenvalue weighted by atomic mass is 10.0. The third-order valence-corrected chi connectivity index (χ3v) is 2.69. The summed E-state index contributed by atoms with van der Waals surface area (Å²) in [6.45, 7) is 0. The molecule has 2 rings (SSSR count). The molecule has 0 heterocycles. The zero-order chi connectivity index (χ0) is 10.8. The Hall–Kier alpha value is -1.22. The predicted molar refractivity (Wildman–Crippen MR) is 53.8 cm³/mol. The van der Waals surface area contributed by atoms with E-state index in [1.54, 1.807) is 12.1 Å². The van der Waals surface area contributed by atoms with Crippen LogP contribution >= 0.6 is 0 Å². The first-order chi connectivity index (χ1) is 7.16. The quantitative estimate of drug-likeness (QED) is 0.817. The van der Waals surface area contributed by atoms with E-state index in [9.17, 15) is 14.3 Å². The van der Waals surface area contributed by atoms with Gasteiger partial charge in [0.2, 0.25) is 0 Å². The molecule has 1 unspecified atom stereocenters. The summed E-state index contributed by atoms with van der Waals surface area (Å²) in [6, 6.07) is 5.80. The molecule has 1 aromatic rings. The van der Waals surface area contributed by atoms with E-state index in [1.165, 1.54) is 12.1 Å². The Morgan fingerprint density at radius 2 is 2.00 bits per heavy atom. The summed E-state index contributed by atoms with van der Waals surface area (Å²) in [6.07, 6.45) is 1.25. The number of ketones is 1. The van der Waals surface area contributed by atoms with Crippen LogP contribution in [0.2, 0.25) is 0 Å². The van der Waals surface area contributed by atoms with Gasteiger partial charge in [0.05, 0.1) is 0 Å². The van der Waals surface area contributed by atoms with Crippen LogP contribution in [0.5, 0.6) is 0 Å². The molecule has 0 aromatic heterocycles. The number of hydrogen-bond acceptors (Lipinski definition) is 2. The fourth-order valence-corrected chi connectivity index (χ4v) is 1.58. The van der Waals surface area contributed by atoms with Gasteiger partial charge in [0.25, 0.3) is 0 Å². The summed E-state index contributed by atoms with van der Waals surface area (Å²) in [5.74, 6) is -0.309.